The quantitative estimate of drug-likeness (QED) is 0.806. The summed E-state index contributed by atoms with van der Waals surface area (Å²) in [6.07, 6.45) is 1.96. The second-order valence-corrected chi connectivity index (χ2v) is 6.32. The maximum Gasteiger partial charge on any atom is 0.0542 e. The van der Waals surface area contributed by atoms with Gasteiger partial charge in [-0.1, -0.05) is 54.1 Å². The van der Waals surface area contributed by atoms with E-state index in [0.29, 0.717) is 0 Å². The monoisotopic (exact) mass is 307 g/mol. The molecule has 2 aromatic rings. The van der Waals surface area contributed by atoms with Gasteiger partial charge in [0.05, 0.1) is 6.21 Å². The average Bonchev–Trinajstić information content (AvgIpc) is 2.58. The first-order chi connectivity index (χ1) is 11.2. The summed E-state index contributed by atoms with van der Waals surface area (Å²) >= 11 is 0. The molecule has 0 N–H and O–H groups in total. The van der Waals surface area contributed by atoms with Crippen molar-refractivity contribution < 1.29 is 0 Å². The first kappa shape index (κ1) is 15.8. The van der Waals surface area contributed by atoms with Crippen LogP contribution in [-0.2, 0) is 6.54 Å². The predicted octanol–water partition coefficient (Wildman–Crippen LogP) is 3.46. The van der Waals surface area contributed by atoms with Crippen molar-refractivity contribution in [2.45, 2.75) is 20.4 Å². The van der Waals surface area contributed by atoms with E-state index >= 15 is 0 Å². The Hall–Kier alpha value is -2.13. The maximum absolute atomic E-state index is 4.61. The third-order valence-electron chi connectivity index (χ3n) is 4.41. The molecule has 1 heterocycles. The lowest BCUT2D eigenvalue weighted by Crippen LogP contribution is -2.43. The minimum atomic E-state index is 0.994. The molecule has 1 aliphatic heterocycles. The molecule has 3 heteroatoms. The molecular formula is C20H25N3. The lowest BCUT2D eigenvalue weighted by Gasteiger charge is -2.33. The number of hydrogen-bond acceptors (Lipinski definition) is 3. The molecule has 0 aromatic heterocycles. The molecule has 3 rings (SSSR count). The molecule has 0 radical (unpaired) electrons. The van der Waals surface area contributed by atoms with Gasteiger partial charge in [-0.25, -0.2) is 0 Å². The van der Waals surface area contributed by atoms with Crippen molar-refractivity contribution in [1.29, 1.82) is 0 Å². The van der Waals surface area contributed by atoms with Gasteiger partial charge in [0, 0.05) is 32.7 Å². The van der Waals surface area contributed by atoms with Crippen LogP contribution in [-0.4, -0.2) is 42.3 Å². The Morgan fingerprint density at radius 2 is 1.70 bits per heavy atom. The number of hydrazone groups is 1. The van der Waals surface area contributed by atoms with Gasteiger partial charge in [0.25, 0.3) is 0 Å². The van der Waals surface area contributed by atoms with E-state index in [-0.39, 0.29) is 0 Å². The first-order valence-corrected chi connectivity index (χ1v) is 8.33. The molecule has 0 unspecified atom stereocenters. The largest absolute Gasteiger partial charge is 0.295 e. The summed E-state index contributed by atoms with van der Waals surface area (Å²) in [6, 6.07) is 17.0. The molecule has 0 spiro atoms. The van der Waals surface area contributed by atoms with Crippen molar-refractivity contribution in [3.63, 3.8) is 0 Å². The molecule has 0 atom stereocenters. The van der Waals surface area contributed by atoms with E-state index in [1.165, 1.54) is 16.7 Å². The van der Waals surface area contributed by atoms with E-state index < -0.39 is 0 Å². The number of aryl methyl sites for hydroxylation is 2. The number of piperazine rings is 1. The van der Waals surface area contributed by atoms with Crippen LogP contribution < -0.4 is 0 Å². The lowest BCUT2D eigenvalue weighted by molar-refractivity contribution is 0.131. The Morgan fingerprint density at radius 3 is 2.39 bits per heavy atom. The summed E-state index contributed by atoms with van der Waals surface area (Å²) in [6.45, 7) is 9.53. The second kappa shape index (κ2) is 7.42. The number of nitrogens with zero attached hydrogens (tertiary/aromatic N) is 3. The summed E-state index contributed by atoms with van der Waals surface area (Å²) in [4.78, 5) is 2.52. The molecule has 0 amide bonds. The number of hydrogen-bond donors (Lipinski definition) is 0. The van der Waals surface area contributed by atoms with Gasteiger partial charge < -0.3 is 0 Å². The van der Waals surface area contributed by atoms with Gasteiger partial charge >= 0.3 is 0 Å². The zero-order chi connectivity index (χ0) is 16.1. The topological polar surface area (TPSA) is 18.8 Å². The lowest BCUT2D eigenvalue weighted by atomic mass is 10.1. The van der Waals surface area contributed by atoms with Crippen LogP contribution in [0.15, 0.2) is 53.6 Å². The first-order valence-electron chi connectivity index (χ1n) is 8.33. The van der Waals surface area contributed by atoms with E-state index in [1.807, 2.05) is 24.4 Å². The SMILES string of the molecule is Cc1ccc(CN2CCN(/N=C/c3ccccc3)CC2)c(C)c1. The fourth-order valence-electron chi connectivity index (χ4n) is 2.96. The van der Waals surface area contributed by atoms with E-state index in [4.69, 9.17) is 0 Å². The van der Waals surface area contributed by atoms with E-state index in [1.54, 1.807) is 0 Å². The normalized spacial score (nSPS) is 16.2. The van der Waals surface area contributed by atoms with Crippen molar-refractivity contribution in [1.82, 2.24) is 9.91 Å². The molecule has 0 bridgehead atoms. The van der Waals surface area contributed by atoms with Crippen LogP contribution in [0.5, 0.6) is 0 Å². The van der Waals surface area contributed by atoms with E-state index in [9.17, 15) is 0 Å². The highest BCUT2D eigenvalue weighted by Gasteiger charge is 2.16. The predicted molar refractivity (Wildman–Crippen MR) is 96.8 cm³/mol. The molecule has 1 saturated heterocycles. The molecule has 23 heavy (non-hydrogen) atoms. The zero-order valence-electron chi connectivity index (χ0n) is 14.1. The van der Waals surface area contributed by atoms with Crippen LogP contribution in [0.1, 0.15) is 22.3 Å². The average molecular weight is 307 g/mol. The zero-order valence-corrected chi connectivity index (χ0v) is 14.1. The number of rotatable bonds is 4. The van der Waals surface area contributed by atoms with Gasteiger partial charge in [-0.2, -0.15) is 5.10 Å². The highest BCUT2D eigenvalue weighted by molar-refractivity contribution is 5.79. The van der Waals surface area contributed by atoms with Gasteiger partial charge in [-0.05, 0) is 30.5 Å². The minimum Gasteiger partial charge on any atom is -0.295 e. The minimum absolute atomic E-state index is 0.994. The molecule has 120 valence electrons. The van der Waals surface area contributed by atoms with Gasteiger partial charge in [-0.3, -0.25) is 9.91 Å². The smallest absolute Gasteiger partial charge is 0.0542 e. The van der Waals surface area contributed by atoms with Crippen molar-refractivity contribution in [2.75, 3.05) is 26.2 Å². The molecule has 1 aliphatic rings. The van der Waals surface area contributed by atoms with Crippen molar-refractivity contribution >= 4 is 6.21 Å². The van der Waals surface area contributed by atoms with Gasteiger partial charge in [0.15, 0.2) is 0 Å². The summed E-state index contributed by atoms with van der Waals surface area (Å²) in [7, 11) is 0. The van der Waals surface area contributed by atoms with E-state index in [2.05, 4.69) is 59.2 Å². The Kier molecular flexibility index (Phi) is 5.09. The molecule has 2 aromatic carbocycles. The molecule has 3 nitrogen and oxygen atoms in total. The Labute approximate surface area is 139 Å². The summed E-state index contributed by atoms with van der Waals surface area (Å²) in [5.74, 6) is 0. The third kappa shape index (κ3) is 4.42. The summed E-state index contributed by atoms with van der Waals surface area (Å²) in [5.41, 5.74) is 5.34. The standard InChI is InChI=1S/C20H25N3/c1-17-8-9-20(18(2)14-17)16-22-10-12-23(13-11-22)21-15-19-6-4-3-5-7-19/h3-9,14-15H,10-13,16H2,1-2H3/b21-15+. The Balaban J connectivity index is 1.51. The Bertz CT molecular complexity index is 656. The van der Waals surface area contributed by atoms with Crippen molar-refractivity contribution in [3.8, 4) is 0 Å². The van der Waals surface area contributed by atoms with Crippen LogP contribution in [0.4, 0.5) is 0 Å². The highest BCUT2D eigenvalue weighted by atomic mass is 15.5. The van der Waals surface area contributed by atoms with Gasteiger partial charge in [-0.15, -0.1) is 0 Å². The maximum atomic E-state index is 4.61. The molecule has 0 aliphatic carbocycles. The van der Waals surface area contributed by atoms with Gasteiger partial charge in [0.1, 0.15) is 0 Å². The van der Waals surface area contributed by atoms with Gasteiger partial charge in [0.2, 0.25) is 0 Å². The van der Waals surface area contributed by atoms with E-state index in [0.717, 1.165) is 38.3 Å². The van der Waals surface area contributed by atoms with Crippen molar-refractivity contribution in [2.24, 2.45) is 5.10 Å². The molecule has 1 fully saturated rings. The van der Waals surface area contributed by atoms with Crippen LogP contribution in [0.3, 0.4) is 0 Å². The van der Waals surface area contributed by atoms with Crippen molar-refractivity contribution in [3.05, 3.63) is 70.8 Å². The fraction of sp³-hybridized carbons (Fsp3) is 0.350. The van der Waals surface area contributed by atoms with Crippen LogP contribution in [0, 0.1) is 13.8 Å². The molecular weight excluding hydrogens is 282 g/mol. The highest BCUT2D eigenvalue weighted by Crippen LogP contribution is 2.14. The molecule has 0 saturated carbocycles. The summed E-state index contributed by atoms with van der Waals surface area (Å²) < 4.78 is 0. The van der Waals surface area contributed by atoms with Crippen LogP contribution in [0.2, 0.25) is 0 Å². The Morgan fingerprint density at radius 1 is 0.957 bits per heavy atom. The van der Waals surface area contributed by atoms with Crippen LogP contribution >= 0.6 is 0 Å². The third-order valence-corrected chi connectivity index (χ3v) is 4.41. The second-order valence-electron chi connectivity index (χ2n) is 6.32. The summed E-state index contributed by atoms with van der Waals surface area (Å²) in [5, 5.41) is 6.78. The fourth-order valence-corrected chi connectivity index (χ4v) is 2.96. The number of benzene rings is 2. The van der Waals surface area contributed by atoms with Crippen LogP contribution in [0.25, 0.3) is 0 Å².